The van der Waals surface area contributed by atoms with Gasteiger partial charge < -0.3 is 15.0 Å². The smallest absolute Gasteiger partial charge is 0.268 e. The summed E-state index contributed by atoms with van der Waals surface area (Å²) in [5.74, 6) is 0.815. The van der Waals surface area contributed by atoms with Crippen molar-refractivity contribution in [2.24, 2.45) is 7.05 Å². The fourth-order valence-electron chi connectivity index (χ4n) is 3.12. The van der Waals surface area contributed by atoms with Gasteiger partial charge in [0.05, 0.1) is 25.4 Å². The van der Waals surface area contributed by atoms with E-state index in [4.69, 9.17) is 4.74 Å². The van der Waals surface area contributed by atoms with E-state index < -0.39 is 0 Å². The monoisotopic (exact) mass is 356 g/mol. The molecule has 7 heteroatoms. The number of rotatable bonds is 5. The molecule has 1 aromatic carbocycles. The number of carbonyl (C=O) groups excluding carboxylic acids is 1. The minimum Gasteiger partial charge on any atom is -0.497 e. The van der Waals surface area contributed by atoms with Crippen LogP contribution >= 0.6 is 0 Å². The standard InChI is InChI=1S/C19H24N4O3/c1-22-19(25)12-16(13-20-22)23-9-7-15(8-10-23)21-18(24)11-14-3-5-17(26-2)6-4-14/h3-6,12-13,15H,7-11H2,1-2H3,(H,21,24). The first-order chi connectivity index (χ1) is 12.5. The molecule has 0 saturated carbocycles. The lowest BCUT2D eigenvalue weighted by atomic mass is 10.0. The van der Waals surface area contributed by atoms with E-state index in [9.17, 15) is 9.59 Å². The molecule has 0 aliphatic carbocycles. The third-order valence-electron chi connectivity index (χ3n) is 4.70. The number of nitrogens with zero attached hydrogens (tertiary/aromatic N) is 3. The van der Waals surface area contributed by atoms with Crippen LogP contribution in [0.3, 0.4) is 0 Å². The summed E-state index contributed by atoms with van der Waals surface area (Å²) in [5.41, 5.74) is 1.69. The molecule has 0 atom stereocenters. The number of amides is 1. The van der Waals surface area contributed by atoms with Crippen molar-refractivity contribution in [2.75, 3.05) is 25.1 Å². The molecule has 138 valence electrons. The van der Waals surface area contributed by atoms with E-state index in [1.807, 2.05) is 24.3 Å². The van der Waals surface area contributed by atoms with Gasteiger partial charge in [-0.3, -0.25) is 9.59 Å². The van der Waals surface area contributed by atoms with Crippen LogP contribution in [-0.4, -0.2) is 41.9 Å². The van der Waals surface area contributed by atoms with Crippen molar-refractivity contribution < 1.29 is 9.53 Å². The maximum atomic E-state index is 12.3. The van der Waals surface area contributed by atoms with Gasteiger partial charge in [0, 0.05) is 32.2 Å². The molecule has 7 nitrogen and oxygen atoms in total. The third-order valence-corrected chi connectivity index (χ3v) is 4.70. The lowest BCUT2D eigenvalue weighted by Crippen LogP contribution is -2.45. The highest BCUT2D eigenvalue weighted by Crippen LogP contribution is 2.18. The lowest BCUT2D eigenvalue weighted by molar-refractivity contribution is -0.121. The number of hydrogen-bond acceptors (Lipinski definition) is 5. The highest BCUT2D eigenvalue weighted by Gasteiger charge is 2.21. The van der Waals surface area contributed by atoms with Crippen LogP contribution in [0.25, 0.3) is 0 Å². The molecule has 0 unspecified atom stereocenters. The number of anilines is 1. The van der Waals surface area contributed by atoms with Crippen LogP contribution in [0.5, 0.6) is 5.75 Å². The average molecular weight is 356 g/mol. The highest BCUT2D eigenvalue weighted by molar-refractivity contribution is 5.78. The Morgan fingerprint density at radius 2 is 1.96 bits per heavy atom. The van der Waals surface area contributed by atoms with E-state index in [2.05, 4.69) is 15.3 Å². The summed E-state index contributed by atoms with van der Waals surface area (Å²) in [6.45, 7) is 1.59. The summed E-state index contributed by atoms with van der Waals surface area (Å²) >= 11 is 0. The maximum Gasteiger partial charge on any atom is 0.268 e. The van der Waals surface area contributed by atoms with E-state index in [0.29, 0.717) is 6.42 Å². The van der Waals surface area contributed by atoms with Gasteiger partial charge in [0.25, 0.3) is 5.56 Å². The van der Waals surface area contributed by atoms with E-state index in [1.54, 1.807) is 26.4 Å². The molecule has 26 heavy (non-hydrogen) atoms. The second-order valence-corrected chi connectivity index (χ2v) is 6.53. The van der Waals surface area contributed by atoms with E-state index in [0.717, 1.165) is 42.9 Å². The number of aromatic nitrogens is 2. The van der Waals surface area contributed by atoms with Gasteiger partial charge in [-0.05, 0) is 30.5 Å². The van der Waals surface area contributed by atoms with Gasteiger partial charge in [-0.25, -0.2) is 4.68 Å². The van der Waals surface area contributed by atoms with Crippen LogP contribution in [0.15, 0.2) is 41.3 Å². The Hall–Kier alpha value is -2.83. The molecule has 1 N–H and O–H groups in total. The second-order valence-electron chi connectivity index (χ2n) is 6.53. The van der Waals surface area contributed by atoms with Crippen molar-refractivity contribution in [3.8, 4) is 5.75 Å². The number of hydrogen-bond donors (Lipinski definition) is 1. The van der Waals surface area contributed by atoms with Crippen molar-refractivity contribution in [3.63, 3.8) is 0 Å². The van der Waals surface area contributed by atoms with E-state index >= 15 is 0 Å². The molecule has 3 rings (SSSR count). The largest absolute Gasteiger partial charge is 0.497 e. The summed E-state index contributed by atoms with van der Waals surface area (Å²) in [5, 5.41) is 7.17. The SMILES string of the molecule is COc1ccc(CC(=O)NC2CCN(c3cnn(C)c(=O)c3)CC2)cc1. The summed E-state index contributed by atoms with van der Waals surface area (Å²) < 4.78 is 6.44. The van der Waals surface area contributed by atoms with Crippen molar-refractivity contribution in [3.05, 3.63) is 52.4 Å². The first-order valence-corrected chi connectivity index (χ1v) is 8.76. The third kappa shape index (κ3) is 4.41. The van der Waals surface area contributed by atoms with Crippen molar-refractivity contribution in [2.45, 2.75) is 25.3 Å². The summed E-state index contributed by atoms with van der Waals surface area (Å²) in [4.78, 5) is 26.1. The van der Waals surface area contributed by atoms with Gasteiger partial charge in [-0.1, -0.05) is 12.1 Å². The van der Waals surface area contributed by atoms with Crippen LogP contribution in [0.4, 0.5) is 5.69 Å². The molecular formula is C19H24N4O3. The van der Waals surface area contributed by atoms with E-state index in [-0.39, 0.29) is 17.5 Å². The Kier molecular flexibility index (Phi) is 5.55. The molecule has 0 radical (unpaired) electrons. The van der Waals surface area contributed by atoms with Gasteiger partial charge in [-0.15, -0.1) is 0 Å². The molecule has 1 aliphatic heterocycles. The van der Waals surface area contributed by atoms with Gasteiger partial charge in [0.1, 0.15) is 5.75 Å². The van der Waals surface area contributed by atoms with Crippen LogP contribution in [0, 0.1) is 0 Å². The minimum atomic E-state index is -0.114. The first kappa shape index (κ1) is 18.0. The predicted octanol–water partition coefficient (Wildman–Crippen LogP) is 1.12. The predicted molar refractivity (Wildman–Crippen MR) is 99.6 cm³/mol. The first-order valence-electron chi connectivity index (χ1n) is 8.76. The fourth-order valence-corrected chi connectivity index (χ4v) is 3.12. The Bertz CT molecular complexity index is 808. The number of ether oxygens (including phenoxy) is 1. The zero-order valence-corrected chi connectivity index (χ0v) is 15.1. The van der Waals surface area contributed by atoms with Gasteiger partial charge >= 0.3 is 0 Å². The average Bonchev–Trinajstić information content (AvgIpc) is 2.65. The zero-order valence-electron chi connectivity index (χ0n) is 15.1. The number of nitrogens with one attached hydrogen (secondary N) is 1. The van der Waals surface area contributed by atoms with Crippen molar-refractivity contribution in [1.82, 2.24) is 15.1 Å². The second kappa shape index (κ2) is 8.03. The van der Waals surface area contributed by atoms with Crippen LogP contribution in [0.2, 0.25) is 0 Å². The van der Waals surface area contributed by atoms with Gasteiger partial charge in [0.2, 0.25) is 5.91 Å². The summed E-state index contributed by atoms with van der Waals surface area (Å²) in [6, 6.07) is 9.30. The minimum absolute atomic E-state index is 0.0314. The number of carbonyl (C=O) groups is 1. The van der Waals surface area contributed by atoms with Crippen LogP contribution in [-0.2, 0) is 18.3 Å². The molecule has 1 aliphatic rings. The Morgan fingerprint density at radius 3 is 2.58 bits per heavy atom. The lowest BCUT2D eigenvalue weighted by Gasteiger charge is -2.33. The van der Waals surface area contributed by atoms with Crippen molar-refractivity contribution in [1.29, 1.82) is 0 Å². The number of methoxy groups -OCH3 is 1. The normalized spacial score (nSPS) is 14.9. The number of piperidine rings is 1. The maximum absolute atomic E-state index is 12.3. The Morgan fingerprint density at radius 1 is 1.27 bits per heavy atom. The quantitative estimate of drug-likeness (QED) is 0.869. The van der Waals surface area contributed by atoms with Crippen molar-refractivity contribution >= 4 is 11.6 Å². The molecule has 1 fully saturated rings. The molecule has 1 amide bonds. The number of benzene rings is 1. The fraction of sp³-hybridized carbons (Fsp3) is 0.421. The Balaban J connectivity index is 1.49. The zero-order chi connectivity index (χ0) is 18.5. The molecule has 1 saturated heterocycles. The van der Waals surface area contributed by atoms with Crippen LogP contribution in [0.1, 0.15) is 18.4 Å². The molecule has 0 spiro atoms. The van der Waals surface area contributed by atoms with E-state index in [1.165, 1.54) is 4.68 Å². The van der Waals surface area contributed by atoms with Gasteiger partial charge in [0.15, 0.2) is 0 Å². The molecule has 2 heterocycles. The molecule has 2 aromatic rings. The number of aryl methyl sites for hydroxylation is 1. The molecule has 1 aromatic heterocycles. The molecular weight excluding hydrogens is 332 g/mol. The summed E-state index contributed by atoms with van der Waals surface area (Å²) in [7, 11) is 3.26. The van der Waals surface area contributed by atoms with Crippen LogP contribution < -0.4 is 20.5 Å². The topological polar surface area (TPSA) is 76.5 Å². The summed E-state index contributed by atoms with van der Waals surface area (Å²) in [6.07, 6.45) is 3.78. The Labute approximate surface area is 152 Å². The molecule has 0 bridgehead atoms. The van der Waals surface area contributed by atoms with Gasteiger partial charge in [-0.2, -0.15) is 5.10 Å². The highest BCUT2D eigenvalue weighted by atomic mass is 16.5.